The van der Waals surface area contributed by atoms with Gasteiger partial charge in [-0.1, -0.05) is 38.1 Å². The number of hydrogen-bond donors (Lipinski definition) is 1. The Hall–Kier alpha value is -0.470. The molecule has 1 unspecified atom stereocenters. The molecule has 1 aromatic carbocycles. The fraction of sp³-hybridized carbons (Fsp3) is 0.647. The Labute approximate surface area is 123 Å². The average molecular weight is 279 g/mol. The largest absolute Gasteiger partial charge is 0.316 e. The van der Waals surface area contributed by atoms with E-state index in [2.05, 4.69) is 56.6 Å². The molecule has 0 spiro atoms. The van der Waals surface area contributed by atoms with Crippen LogP contribution in [-0.2, 0) is 6.42 Å². The van der Waals surface area contributed by atoms with E-state index in [-0.39, 0.29) is 0 Å². The SMILES string of the molecule is CSCCC(CNCC(C)C)Cc1ccccc1C. The van der Waals surface area contributed by atoms with Gasteiger partial charge in [0.1, 0.15) is 0 Å². The second kappa shape index (κ2) is 9.44. The monoisotopic (exact) mass is 279 g/mol. The van der Waals surface area contributed by atoms with Crippen molar-refractivity contribution in [3.63, 3.8) is 0 Å². The maximum atomic E-state index is 3.62. The topological polar surface area (TPSA) is 12.0 Å². The Balaban J connectivity index is 2.51. The van der Waals surface area contributed by atoms with Crippen LogP contribution in [0.25, 0.3) is 0 Å². The molecule has 0 aliphatic carbocycles. The third kappa shape index (κ3) is 7.03. The molecule has 0 saturated carbocycles. The molecule has 2 heteroatoms. The van der Waals surface area contributed by atoms with E-state index in [4.69, 9.17) is 0 Å². The highest BCUT2D eigenvalue weighted by atomic mass is 32.2. The molecule has 0 aliphatic rings. The van der Waals surface area contributed by atoms with Gasteiger partial charge in [0, 0.05) is 0 Å². The number of hydrogen-bond acceptors (Lipinski definition) is 2. The maximum absolute atomic E-state index is 3.62. The molecule has 0 bridgehead atoms. The molecular formula is C17H29NS. The van der Waals surface area contributed by atoms with Crippen LogP contribution in [0, 0.1) is 18.8 Å². The first-order valence-electron chi connectivity index (χ1n) is 7.37. The van der Waals surface area contributed by atoms with E-state index in [1.165, 1.54) is 29.7 Å². The second-order valence-corrected chi connectivity index (χ2v) is 6.82. The van der Waals surface area contributed by atoms with Crippen LogP contribution in [0.3, 0.4) is 0 Å². The molecular weight excluding hydrogens is 250 g/mol. The molecule has 0 aliphatic heterocycles. The summed E-state index contributed by atoms with van der Waals surface area (Å²) in [5.41, 5.74) is 2.94. The molecule has 1 aromatic rings. The minimum Gasteiger partial charge on any atom is -0.316 e. The van der Waals surface area contributed by atoms with Crippen molar-refractivity contribution < 1.29 is 0 Å². The van der Waals surface area contributed by atoms with E-state index in [0.717, 1.165) is 24.9 Å². The molecule has 1 rings (SSSR count). The van der Waals surface area contributed by atoms with Crippen molar-refractivity contribution in [2.24, 2.45) is 11.8 Å². The zero-order chi connectivity index (χ0) is 14.1. The van der Waals surface area contributed by atoms with Crippen molar-refractivity contribution in [1.82, 2.24) is 5.32 Å². The van der Waals surface area contributed by atoms with Crippen LogP contribution in [0.4, 0.5) is 0 Å². The van der Waals surface area contributed by atoms with Gasteiger partial charge in [-0.25, -0.2) is 0 Å². The third-order valence-electron chi connectivity index (χ3n) is 3.49. The normalized spacial score (nSPS) is 12.9. The van der Waals surface area contributed by atoms with Gasteiger partial charge in [-0.3, -0.25) is 0 Å². The predicted octanol–water partition coefficient (Wildman–Crippen LogP) is 4.15. The summed E-state index contributed by atoms with van der Waals surface area (Å²) < 4.78 is 0. The minimum absolute atomic E-state index is 0.736. The predicted molar refractivity (Wildman–Crippen MR) is 89.1 cm³/mol. The standard InChI is InChI=1S/C17H29NS/c1-14(2)12-18-13-16(9-10-19-4)11-17-8-6-5-7-15(17)3/h5-8,14,16,18H,9-13H2,1-4H3. The van der Waals surface area contributed by atoms with Gasteiger partial charge in [-0.2, -0.15) is 11.8 Å². The lowest BCUT2D eigenvalue weighted by molar-refractivity contribution is 0.439. The highest BCUT2D eigenvalue weighted by Crippen LogP contribution is 2.17. The summed E-state index contributed by atoms with van der Waals surface area (Å²) in [6, 6.07) is 8.80. The first kappa shape index (κ1) is 16.6. The average Bonchev–Trinajstić information content (AvgIpc) is 2.37. The zero-order valence-electron chi connectivity index (χ0n) is 12.9. The van der Waals surface area contributed by atoms with Gasteiger partial charge in [-0.15, -0.1) is 0 Å². The van der Waals surface area contributed by atoms with Crippen LogP contribution < -0.4 is 5.32 Å². The Morgan fingerprint density at radius 1 is 1.16 bits per heavy atom. The van der Waals surface area contributed by atoms with Gasteiger partial charge in [0.25, 0.3) is 0 Å². The van der Waals surface area contributed by atoms with E-state index in [1.54, 1.807) is 0 Å². The van der Waals surface area contributed by atoms with Gasteiger partial charge in [0.05, 0.1) is 0 Å². The molecule has 0 fully saturated rings. The van der Waals surface area contributed by atoms with Crippen molar-refractivity contribution in [2.45, 2.75) is 33.6 Å². The minimum atomic E-state index is 0.736. The third-order valence-corrected chi connectivity index (χ3v) is 4.13. The first-order valence-corrected chi connectivity index (χ1v) is 8.77. The summed E-state index contributed by atoms with van der Waals surface area (Å²) in [5.74, 6) is 2.76. The van der Waals surface area contributed by atoms with Crippen LogP contribution in [0.15, 0.2) is 24.3 Å². The molecule has 0 aromatic heterocycles. The fourth-order valence-electron chi connectivity index (χ4n) is 2.29. The lowest BCUT2D eigenvalue weighted by Gasteiger charge is -2.19. The number of aryl methyl sites for hydroxylation is 1. The van der Waals surface area contributed by atoms with Gasteiger partial charge in [-0.05, 0) is 67.8 Å². The Morgan fingerprint density at radius 2 is 1.89 bits per heavy atom. The number of rotatable bonds is 9. The molecule has 108 valence electrons. The summed E-state index contributed by atoms with van der Waals surface area (Å²) in [5, 5.41) is 3.62. The van der Waals surface area contributed by atoms with Crippen molar-refractivity contribution >= 4 is 11.8 Å². The van der Waals surface area contributed by atoms with Crippen molar-refractivity contribution in [1.29, 1.82) is 0 Å². The Morgan fingerprint density at radius 3 is 2.53 bits per heavy atom. The van der Waals surface area contributed by atoms with E-state index >= 15 is 0 Å². The van der Waals surface area contributed by atoms with Crippen molar-refractivity contribution in [3.8, 4) is 0 Å². The van der Waals surface area contributed by atoms with Crippen LogP contribution in [-0.4, -0.2) is 25.1 Å². The summed E-state index contributed by atoms with van der Waals surface area (Å²) in [6.07, 6.45) is 4.71. The quantitative estimate of drug-likeness (QED) is 0.728. The molecule has 0 amide bonds. The molecule has 0 saturated heterocycles. The maximum Gasteiger partial charge on any atom is -0.00169 e. The summed E-state index contributed by atoms with van der Waals surface area (Å²) in [7, 11) is 0. The van der Waals surface area contributed by atoms with Gasteiger partial charge < -0.3 is 5.32 Å². The van der Waals surface area contributed by atoms with Gasteiger partial charge in [0.2, 0.25) is 0 Å². The second-order valence-electron chi connectivity index (χ2n) is 5.83. The fourth-order valence-corrected chi connectivity index (χ4v) is 2.86. The van der Waals surface area contributed by atoms with Gasteiger partial charge >= 0.3 is 0 Å². The van der Waals surface area contributed by atoms with Crippen molar-refractivity contribution in [2.75, 3.05) is 25.1 Å². The summed E-state index contributed by atoms with van der Waals surface area (Å²) in [6.45, 7) is 9.04. The molecule has 19 heavy (non-hydrogen) atoms. The lowest BCUT2D eigenvalue weighted by Crippen LogP contribution is -2.28. The van der Waals surface area contributed by atoms with E-state index in [1.807, 2.05) is 11.8 Å². The van der Waals surface area contributed by atoms with Gasteiger partial charge in [0.15, 0.2) is 0 Å². The summed E-state index contributed by atoms with van der Waals surface area (Å²) in [4.78, 5) is 0. The lowest BCUT2D eigenvalue weighted by atomic mass is 9.94. The first-order chi connectivity index (χ1) is 9.13. The Bertz CT molecular complexity index is 349. The highest BCUT2D eigenvalue weighted by molar-refractivity contribution is 7.98. The van der Waals surface area contributed by atoms with Crippen LogP contribution in [0.5, 0.6) is 0 Å². The van der Waals surface area contributed by atoms with E-state index in [0.29, 0.717) is 0 Å². The van der Waals surface area contributed by atoms with E-state index in [9.17, 15) is 0 Å². The number of benzene rings is 1. The van der Waals surface area contributed by atoms with E-state index < -0.39 is 0 Å². The molecule has 1 nitrogen and oxygen atoms in total. The number of thioether (sulfide) groups is 1. The Kier molecular flexibility index (Phi) is 8.24. The van der Waals surface area contributed by atoms with Crippen LogP contribution >= 0.6 is 11.8 Å². The number of nitrogens with one attached hydrogen (secondary N) is 1. The van der Waals surface area contributed by atoms with Crippen LogP contribution in [0.2, 0.25) is 0 Å². The zero-order valence-corrected chi connectivity index (χ0v) is 13.7. The van der Waals surface area contributed by atoms with Crippen LogP contribution in [0.1, 0.15) is 31.4 Å². The molecule has 1 N–H and O–H groups in total. The smallest absolute Gasteiger partial charge is 0.00169 e. The highest BCUT2D eigenvalue weighted by Gasteiger charge is 2.11. The molecule has 0 radical (unpaired) electrons. The summed E-state index contributed by atoms with van der Waals surface area (Å²) >= 11 is 1.96. The van der Waals surface area contributed by atoms with Crippen molar-refractivity contribution in [3.05, 3.63) is 35.4 Å². The molecule has 0 heterocycles. The molecule has 1 atom stereocenters.